The molecule has 0 saturated carbocycles. The SMILES string of the molecule is Cn1cc(C(=O)c2nc(-c3ccccc3Cl)no2)cn1. The summed E-state index contributed by atoms with van der Waals surface area (Å²) in [4.78, 5) is 16.2. The Morgan fingerprint density at radius 3 is 2.85 bits per heavy atom. The van der Waals surface area contributed by atoms with Crippen molar-refractivity contribution in [2.24, 2.45) is 7.05 Å². The molecule has 2 aromatic heterocycles. The number of rotatable bonds is 3. The molecule has 7 heteroatoms. The lowest BCUT2D eigenvalue weighted by Crippen LogP contribution is -2.00. The van der Waals surface area contributed by atoms with E-state index in [9.17, 15) is 4.79 Å². The number of halogens is 1. The van der Waals surface area contributed by atoms with Gasteiger partial charge in [0.25, 0.3) is 11.7 Å². The number of aromatic nitrogens is 4. The van der Waals surface area contributed by atoms with Crippen LogP contribution in [0.4, 0.5) is 0 Å². The first-order valence-electron chi connectivity index (χ1n) is 5.77. The fourth-order valence-corrected chi connectivity index (χ4v) is 1.95. The van der Waals surface area contributed by atoms with Gasteiger partial charge in [0.05, 0.1) is 16.8 Å². The van der Waals surface area contributed by atoms with E-state index in [-0.39, 0.29) is 17.5 Å². The third-order valence-electron chi connectivity index (χ3n) is 2.70. The second-order valence-corrected chi connectivity index (χ2v) is 4.54. The molecule has 0 atom stereocenters. The molecule has 100 valence electrons. The average molecular weight is 289 g/mol. The summed E-state index contributed by atoms with van der Waals surface area (Å²) < 4.78 is 6.52. The second kappa shape index (κ2) is 4.90. The topological polar surface area (TPSA) is 73.8 Å². The summed E-state index contributed by atoms with van der Waals surface area (Å²) in [7, 11) is 1.72. The van der Waals surface area contributed by atoms with E-state index in [4.69, 9.17) is 16.1 Å². The van der Waals surface area contributed by atoms with Crippen LogP contribution in [0.2, 0.25) is 5.02 Å². The third-order valence-corrected chi connectivity index (χ3v) is 3.03. The van der Waals surface area contributed by atoms with Crippen LogP contribution in [-0.2, 0) is 7.05 Å². The van der Waals surface area contributed by atoms with Crippen molar-refractivity contribution < 1.29 is 9.32 Å². The molecule has 6 nitrogen and oxygen atoms in total. The van der Waals surface area contributed by atoms with E-state index in [1.807, 2.05) is 0 Å². The maximum Gasteiger partial charge on any atom is 0.299 e. The van der Waals surface area contributed by atoms with Crippen molar-refractivity contribution in [1.82, 2.24) is 19.9 Å². The number of nitrogens with zero attached hydrogens (tertiary/aromatic N) is 4. The van der Waals surface area contributed by atoms with E-state index in [0.29, 0.717) is 16.1 Å². The van der Waals surface area contributed by atoms with Crippen molar-refractivity contribution in [3.8, 4) is 11.4 Å². The van der Waals surface area contributed by atoms with Crippen molar-refractivity contribution >= 4 is 17.4 Å². The minimum absolute atomic E-state index is 0.0899. The van der Waals surface area contributed by atoms with Gasteiger partial charge >= 0.3 is 0 Å². The third kappa shape index (κ3) is 2.21. The lowest BCUT2D eigenvalue weighted by molar-refractivity contribution is 0.0994. The van der Waals surface area contributed by atoms with Crippen LogP contribution in [0.1, 0.15) is 16.2 Å². The number of carbonyl (C=O) groups excluding carboxylic acids is 1. The van der Waals surface area contributed by atoms with Crippen LogP contribution in [0.25, 0.3) is 11.4 Å². The Morgan fingerprint density at radius 2 is 2.15 bits per heavy atom. The van der Waals surface area contributed by atoms with Crippen molar-refractivity contribution in [2.45, 2.75) is 0 Å². The first kappa shape index (κ1) is 12.6. The number of aryl methyl sites for hydroxylation is 1. The quantitative estimate of drug-likeness (QED) is 0.692. The van der Waals surface area contributed by atoms with Crippen LogP contribution in [-0.4, -0.2) is 25.7 Å². The van der Waals surface area contributed by atoms with Gasteiger partial charge in [-0.05, 0) is 12.1 Å². The summed E-state index contributed by atoms with van der Waals surface area (Å²) in [6.45, 7) is 0. The Hall–Kier alpha value is -2.47. The lowest BCUT2D eigenvalue weighted by Gasteiger charge is -1.95. The molecule has 0 spiro atoms. The van der Waals surface area contributed by atoms with Gasteiger partial charge in [0.1, 0.15) is 0 Å². The summed E-state index contributed by atoms with van der Waals surface area (Å²) in [5.41, 5.74) is 1.00. The zero-order chi connectivity index (χ0) is 14.1. The molecule has 20 heavy (non-hydrogen) atoms. The van der Waals surface area contributed by atoms with Gasteiger partial charge in [-0.25, -0.2) is 0 Å². The predicted octanol–water partition coefficient (Wildman–Crippen LogP) is 2.35. The number of benzene rings is 1. The first-order chi connectivity index (χ1) is 9.65. The smallest absolute Gasteiger partial charge is 0.299 e. The number of ketones is 1. The lowest BCUT2D eigenvalue weighted by atomic mass is 10.2. The fourth-order valence-electron chi connectivity index (χ4n) is 1.73. The summed E-state index contributed by atoms with van der Waals surface area (Å²) in [5, 5.41) is 8.20. The molecule has 3 rings (SSSR count). The van der Waals surface area contributed by atoms with Crippen LogP contribution in [0, 0.1) is 0 Å². The van der Waals surface area contributed by atoms with Gasteiger partial charge in [0.15, 0.2) is 0 Å². The largest absolute Gasteiger partial charge is 0.330 e. The van der Waals surface area contributed by atoms with E-state index in [0.717, 1.165) is 0 Å². The maximum atomic E-state index is 12.1. The highest BCUT2D eigenvalue weighted by Gasteiger charge is 2.20. The van der Waals surface area contributed by atoms with Crippen LogP contribution >= 0.6 is 11.6 Å². The van der Waals surface area contributed by atoms with Crippen LogP contribution < -0.4 is 0 Å². The number of hydrogen-bond donors (Lipinski definition) is 0. The van der Waals surface area contributed by atoms with Crippen molar-refractivity contribution in [3.05, 3.63) is 53.1 Å². The molecule has 0 aliphatic heterocycles. The van der Waals surface area contributed by atoms with Gasteiger partial charge in [0, 0.05) is 18.8 Å². The molecule has 1 aromatic carbocycles. The molecule has 0 bridgehead atoms. The summed E-state index contributed by atoms with van der Waals surface area (Å²) in [6.07, 6.45) is 3.03. The number of carbonyl (C=O) groups is 1. The van der Waals surface area contributed by atoms with E-state index < -0.39 is 0 Å². The molecule has 0 saturated heterocycles. The van der Waals surface area contributed by atoms with Gasteiger partial charge in [-0.3, -0.25) is 9.48 Å². The summed E-state index contributed by atoms with van der Waals surface area (Å²) in [6, 6.07) is 7.08. The summed E-state index contributed by atoms with van der Waals surface area (Å²) >= 11 is 6.05. The van der Waals surface area contributed by atoms with Crippen molar-refractivity contribution in [1.29, 1.82) is 0 Å². The monoisotopic (exact) mass is 288 g/mol. The Balaban J connectivity index is 1.95. The Morgan fingerprint density at radius 1 is 1.35 bits per heavy atom. The zero-order valence-corrected chi connectivity index (χ0v) is 11.2. The zero-order valence-electron chi connectivity index (χ0n) is 10.4. The molecule has 2 heterocycles. The average Bonchev–Trinajstić information content (AvgIpc) is 3.07. The summed E-state index contributed by atoms with van der Waals surface area (Å²) in [5.74, 6) is -0.181. The van der Waals surface area contributed by atoms with Crippen molar-refractivity contribution in [2.75, 3.05) is 0 Å². The Labute approximate surface area is 119 Å². The van der Waals surface area contributed by atoms with Gasteiger partial charge in [0.2, 0.25) is 5.82 Å². The molecule has 0 unspecified atom stereocenters. The Bertz CT molecular complexity index is 778. The highest BCUT2D eigenvalue weighted by Crippen LogP contribution is 2.25. The van der Waals surface area contributed by atoms with Gasteiger partial charge < -0.3 is 4.52 Å². The minimum atomic E-state index is -0.371. The van der Waals surface area contributed by atoms with E-state index in [1.54, 1.807) is 37.5 Å². The Kier molecular flexibility index (Phi) is 3.08. The molecule has 3 aromatic rings. The second-order valence-electron chi connectivity index (χ2n) is 4.13. The molecule has 0 aliphatic rings. The fraction of sp³-hybridized carbons (Fsp3) is 0.0769. The van der Waals surface area contributed by atoms with E-state index >= 15 is 0 Å². The number of hydrogen-bond acceptors (Lipinski definition) is 5. The van der Waals surface area contributed by atoms with Crippen LogP contribution in [0.3, 0.4) is 0 Å². The molecule has 0 fully saturated rings. The standard InChI is InChI=1S/C13H9ClN4O2/c1-18-7-8(6-15-18)11(19)13-16-12(17-20-13)9-4-2-3-5-10(9)14/h2-7H,1H3. The van der Waals surface area contributed by atoms with Crippen LogP contribution in [0.15, 0.2) is 41.2 Å². The minimum Gasteiger partial charge on any atom is -0.330 e. The molecule has 0 radical (unpaired) electrons. The van der Waals surface area contributed by atoms with Crippen molar-refractivity contribution in [3.63, 3.8) is 0 Å². The van der Waals surface area contributed by atoms with E-state index in [2.05, 4.69) is 15.2 Å². The van der Waals surface area contributed by atoms with E-state index in [1.165, 1.54) is 10.9 Å². The van der Waals surface area contributed by atoms with Gasteiger partial charge in [-0.2, -0.15) is 10.1 Å². The molecule has 0 amide bonds. The highest BCUT2D eigenvalue weighted by atomic mass is 35.5. The van der Waals surface area contributed by atoms with Gasteiger partial charge in [-0.1, -0.05) is 28.9 Å². The highest BCUT2D eigenvalue weighted by molar-refractivity contribution is 6.33. The first-order valence-corrected chi connectivity index (χ1v) is 6.15. The van der Waals surface area contributed by atoms with Gasteiger partial charge in [-0.15, -0.1) is 0 Å². The predicted molar refractivity (Wildman–Crippen MR) is 71.4 cm³/mol. The molecule has 0 N–H and O–H groups in total. The molecular formula is C13H9ClN4O2. The normalized spacial score (nSPS) is 10.7. The van der Waals surface area contributed by atoms with Crippen LogP contribution in [0.5, 0.6) is 0 Å². The molecular weight excluding hydrogens is 280 g/mol. The molecule has 0 aliphatic carbocycles. The maximum absolute atomic E-state index is 12.1.